The molecule has 8 rings (SSSR count). The van der Waals surface area contributed by atoms with Crippen molar-refractivity contribution >= 4 is 11.5 Å². The van der Waals surface area contributed by atoms with E-state index in [1.165, 1.54) is 25.9 Å². The Balaban J connectivity index is 1.29. The van der Waals surface area contributed by atoms with Gasteiger partial charge >= 0.3 is 0 Å². The molecule has 37 heavy (non-hydrogen) atoms. The van der Waals surface area contributed by atoms with E-state index >= 15 is 0 Å². The first kappa shape index (κ1) is 21.9. The van der Waals surface area contributed by atoms with Crippen molar-refractivity contribution in [1.29, 1.82) is 0 Å². The fraction of sp³-hybridized carbons (Fsp3) is 0.241. The summed E-state index contributed by atoms with van der Waals surface area (Å²) in [6.45, 7) is 3.55. The lowest BCUT2D eigenvalue weighted by atomic mass is 9.84. The van der Waals surface area contributed by atoms with Crippen LogP contribution in [-0.2, 0) is 0 Å². The maximum atomic E-state index is 10.2. The van der Waals surface area contributed by atoms with Gasteiger partial charge in [-0.3, -0.25) is 4.98 Å². The van der Waals surface area contributed by atoms with E-state index in [0.717, 1.165) is 51.9 Å². The molecule has 2 N–H and O–H groups in total. The lowest BCUT2D eigenvalue weighted by molar-refractivity contribution is 0.0974. The van der Waals surface area contributed by atoms with Gasteiger partial charge in [-0.1, -0.05) is 12.1 Å². The van der Waals surface area contributed by atoms with Crippen LogP contribution in [0.5, 0.6) is 5.75 Å². The van der Waals surface area contributed by atoms with Gasteiger partial charge in [0.1, 0.15) is 17.3 Å². The van der Waals surface area contributed by atoms with Crippen LogP contribution in [0.25, 0.3) is 39.3 Å². The summed E-state index contributed by atoms with van der Waals surface area (Å²) < 4.78 is 1.87. The topological polar surface area (TPSA) is 91.5 Å². The molecule has 7 heterocycles. The van der Waals surface area contributed by atoms with Gasteiger partial charge in [0.05, 0.1) is 11.3 Å². The minimum atomic E-state index is 0.198. The first-order valence-electron chi connectivity index (χ1n) is 12.8. The van der Waals surface area contributed by atoms with Gasteiger partial charge < -0.3 is 15.3 Å². The largest absolute Gasteiger partial charge is 0.508 e. The second-order valence-electron chi connectivity index (χ2n) is 9.90. The summed E-state index contributed by atoms with van der Waals surface area (Å²) in [6, 6.07) is 17.6. The molecule has 8 nitrogen and oxygen atoms in total. The maximum Gasteiger partial charge on any atom is 0.164 e. The first-order valence-corrected chi connectivity index (χ1v) is 12.8. The zero-order valence-corrected chi connectivity index (χ0v) is 20.3. The average Bonchev–Trinajstić information content (AvgIpc) is 3.35. The van der Waals surface area contributed by atoms with Gasteiger partial charge in [0, 0.05) is 48.5 Å². The normalized spacial score (nSPS) is 20.8. The number of nitrogens with one attached hydrogen (secondary N) is 1. The van der Waals surface area contributed by atoms with Gasteiger partial charge in [0.15, 0.2) is 5.65 Å². The Bertz CT molecular complexity index is 1560. The van der Waals surface area contributed by atoms with E-state index in [1.54, 1.807) is 30.7 Å². The third-order valence-corrected chi connectivity index (χ3v) is 7.66. The zero-order valence-electron chi connectivity index (χ0n) is 20.3. The third-order valence-electron chi connectivity index (χ3n) is 7.66. The fourth-order valence-corrected chi connectivity index (χ4v) is 5.75. The van der Waals surface area contributed by atoms with Crippen LogP contribution in [0.4, 0.5) is 5.82 Å². The van der Waals surface area contributed by atoms with Crippen molar-refractivity contribution in [1.82, 2.24) is 29.5 Å². The van der Waals surface area contributed by atoms with Gasteiger partial charge in [-0.25, -0.2) is 14.5 Å². The van der Waals surface area contributed by atoms with Crippen LogP contribution in [0, 0.1) is 5.92 Å². The zero-order chi connectivity index (χ0) is 24.8. The molecule has 3 aliphatic heterocycles. The highest BCUT2D eigenvalue weighted by molar-refractivity contribution is 5.91. The minimum absolute atomic E-state index is 0.198. The molecule has 0 radical (unpaired) electrons. The number of hydrogen-bond donors (Lipinski definition) is 2. The van der Waals surface area contributed by atoms with Crippen molar-refractivity contribution in [3.05, 3.63) is 79.4 Å². The van der Waals surface area contributed by atoms with Crippen LogP contribution >= 0.6 is 0 Å². The smallest absolute Gasteiger partial charge is 0.164 e. The number of pyridine rings is 2. The second-order valence-corrected chi connectivity index (χ2v) is 9.90. The fourth-order valence-electron chi connectivity index (χ4n) is 5.75. The number of benzene rings is 1. The van der Waals surface area contributed by atoms with Gasteiger partial charge in [-0.15, -0.1) is 0 Å². The molecule has 5 aromatic rings. The van der Waals surface area contributed by atoms with E-state index < -0.39 is 0 Å². The summed E-state index contributed by atoms with van der Waals surface area (Å²) in [5, 5.41) is 18.9. The molecule has 4 aromatic heterocycles. The van der Waals surface area contributed by atoms with E-state index in [0.29, 0.717) is 11.7 Å². The number of aromatic hydroxyl groups is 1. The SMILES string of the molecule is Oc1cccc(-c2c(-c3ccncc3)nn3c(-c4ccc(N[C@@H]5CN6CCC5CC6)nc4)ccnc23)c1. The van der Waals surface area contributed by atoms with Crippen molar-refractivity contribution in [3.8, 4) is 39.4 Å². The van der Waals surface area contributed by atoms with E-state index in [9.17, 15) is 5.11 Å². The number of hydrogen-bond acceptors (Lipinski definition) is 7. The summed E-state index contributed by atoms with van der Waals surface area (Å²) in [5.41, 5.74) is 5.98. The standard InChI is InChI=1S/C29H27N7O/c37-23-3-1-2-21(16-23)27-28(20-6-11-30-12-7-20)34-36-25(8-13-31-29(27)36)22-4-5-26(32-17-22)33-24-18-35-14-9-19(24)10-15-35/h1-8,11-13,16-17,19,24,37H,9-10,14-15,18H2,(H,32,33)/t24-/m1/s1. The molecule has 0 spiro atoms. The second kappa shape index (κ2) is 8.97. The highest BCUT2D eigenvalue weighted by Crippen LogP contribution is 2.37. The molecule has 3 aliphatic rings. The molecule has 2 bridgehead atoms. The Hall–Kier alpha value is -4.30. The van der Waals surface area contributed by atoms with E-state index in [-0.39, 0.29) is 5.75 Å². The van der Waals surface area contributed by atoms with Gasteiger partial charge in [0.2, 0.25) is 0 Å². The molecule has 184 valence electrons. The summed E-state index contributed by atoms with van der Waals surface area (Å²) in [6.07, 6.45) is 9.75. The Labute approximate surface area is 214 Å². The summed E-state index contributed by atoms with van der Waals surface area (Å²) in [5.74, 6) is 1.84. The van der Waals surface area contributed by atoms with Crippen molar-refractivity contribution in [2.45, 2.75) is 18.9 Å². The molecule has 0 amide bonds. The van der Waals surface area contributed by atoms with Crippen LogP contribution in [0.1, 0.15) is 12.8 Å². The Morgan fingerprint density at radius 1 is 0.865 bits per heavy atom. The Morgan fingerprint density at radius 3 is 2.46 bits per heavy atom. The molecule has 3 saturated heterocycles. The molecule has 0 saturated carbocycles. The summed E-state index contributed by atoms with van der Waals surface area (Å²) >= 11 is 0. The first-order chi connectivity index (χ1) is 18.2. The number of nitrogens with zero attached hydrogens (tertiary/aromatic N) is 6. The Morgan fingerprint density at radius 2 is 1.73 bits per heavy atom. The summed E-state index contributed by atoms with van der Waals surface area (Å²) in [4.78, 5) is 16.2. The number of rotatable bonds is 5. The number of fused-ring (bicyclic) bond motifs is 4. The average molecular weight is 490 g/mol. The quantitative estimate of drug-likeness (QED) is 0.369. The van der Waals surface area contributed by atoms with Crippen molar-refractivity contribution in [3.63, 3.8) is 0 Å². The lowest BCUT2D eigenvalue weighted by Crippen LogP contribution is -2.53. The minimum Gasteiger partial charge on any atom is -0.508 e. The molecule has 1 aromatic carbocycles. The van der Waals surface area contributed by atoms with Crippen molar-refractivity contribution < 1.29 is 5.11 Å². The van der Waals surface area contributed by atoms with Crippen LogP contribution in [0.2, 0.25) is 0 Å². The molecule has 3 fully saturated rings. The van der Waals surface area contributed by atoms with Crippen LogP contribution in [-0.4, -0.2) is 60.2 Å². The molecular formula is C29H27N7O. The maximum absolute atomic E-state index is 10.2. The number of piperidine rings is 3. The van der Waals surface area contributed by atoms with Crippen molar-refractivity contribution in [2.24, 2.45) is 5.92 Å². The van der Waals surface area contributed by atoms with Crippen LogP contribution in [0.15, 0.2) is 79.4 Å². The monoisotopic (exact) mass is 489 g/mol. The molecule has 0 aliphatic carbocycles. The molecule has 1 atom stereocenters. The Kier molecular flexibility index (Phi) is 5.32. The third kappa shape index (κ3) is 3.99. The number of anilines is 1. The number of phenols is 1. The molecule has 0 unspecified atom stereocenters. The number of phenolic OH excluding ortho intramolecular Hbond substituents is 1. The highest BCUT2D eigenvalue weighted by atomic mass is 16.3. The molecule has 8 heteroatoms. The predicted octanol–water partition coefficient (Wildman–Crippen LogP) is 4.73. The van der Waals surface area contributed by atoms with Crippen molar-refractivity contribution in [2.75, 3.05) is 25.0 Å². The lowest BCUT2D eigenvalue weighted by Gasteiger charge is -2.45. The van der Waals surface area contributed by atoms with Gasteiger partial charge in [-0.2, -0.15) is 5.10 Å². The van der Waals surface area contributed by atoms with Gasteiger partial charge in [-0.05, 0) is 79.9 Å². The van der Waals surface area contributed by atoms with E-state index in [4.69, 9.17) is 15.1 Å². The highest BCUT2D eigenvalue weighted by Gasteiger charge is 2.34. The van der Waals surface area contributed by atoms with E-state index in [2.05, 4.69) is 27.3 Å². The molecular weight excluding hydrogens is 462 g/mol. The van der Waals surface area contributed by atoms with Gasteiger partial charge in [0.25, 0.3) is 0 Å². The van der Waals surface area contributed by atoms with Crippen LogP contribution < -0.4 is 5.32 Å². The predicted molar refractivity (Wildman–Crippen MR) is 143 cm³/mol. The number of aromatic nitrogens is 5. The van der Waals surface area contributed by atoms with E-state index in [1.807, 2.05) is 41.0 Å². The van der Waals surface area contributed by atoms with Crippen LogP contribution in [0.3, 0.4) is 0 Å². The summed E-state index contributed by atoms with van der Waals surface area (Å²) in [7, 11) is 0.